The van der Waals surface area contributed by atoms with Gasteiger partial charge in [-0.15, -0.1) is 0 Å². The zero-order chi connectivity index (χ0) is 21.0. The molecule has 0 N–H and O–H groups in total. The Bertz CT molecular complexity index is 1080. The molecule has 0 aliphatic carbocycles. The second-order valence-corrected chi connectivity index (χ2v) is 7.75. The molecule has 0 amide bonds. The van der Waals surface area contributed by atoms with Crippen LogP contribution in [0.2, 0.25) is 5.02 Å². The van der Waals surface area contributed by atoms with E-state index in [2.05, 4.69) is 9.98 Å². The molecule has 1 aromatic heterocycles. The first-order chi connectivity index (χ1) is 13.8. The molecule has 7 heteroatoms. The van der Waals surface area contributed by atoms with Gasteiger partial charge in [0.15, 0.2) is 0 Å². The second-order valence-electron chi connectivity index (χ2n) is 7.31. The first-order valence-corrected chi connectivity index (χ1v) is 9.95. The average molecular weight is 413 g/mol. The summed E-state index contributed by atoms with van der Waals surface area (Å²) in [6.07, 6.45) is 1.64. The Morgan fingerprint density at radius 2 is 1.69 bits per heavy atom. The van der Waals surface area contributed by atoms with E-state index in [0.29, 0.717) is 22.9 Å². The van der Waals surface area contributed by atoms with Crippen molar-refractivity contribution in [2.45, 2.75) is 46.4 Å². The molecule has 0 radical (unpaired) electrons. The molecule has 29 heavy (non-hydrogen) atoms. The van der Waals surface area contributed by atoms with Gasteiger partial charge in [-0.25, -0.2) is 14.8 Å². The molecule has 0 saturated heterocycles. The van der Waals surface area contributed by atoms with E-state index in [1.807, 2.05) is 64.1 Å². The van der Waals surface area contributed by atoms with Crippen molar-refractivity contribution in [2.24, 2.45) is 4.99 Å². The zero-order valence-electron chi connectivity index (χ0n) is 17.0. The minimum Gasteiger partial charge on any atom is -0.491 e. The maximum atomic E-state index is 13.0. The molecule has 0 fully saturated rings. The Labute approximate surface area is 175 Å². The van der Waals surface area contributed by atoms with E-state index in [9.17, 15) is 4.79 Å². The lowest BCUT2D eigenvalue weighted by molar-refractivity contribution is 0.242. The van der Waals surface area contributed by atoms with Crippen LogP contribution >= 0.6 is 11.6 Å². The summed E-state index contributed by atoms with van der Waals surface area (Å²) in [4.78, 5) is 22.1. The molecule has 0 bridgehead atoms. The van der Waals surface area contributed by atoms with Crippen molar-refractivity contribution in [3.8, 4) is 5.75 Å². The van der Waals surface area contributed by atoms with E-state index in [-0.39, 0.29) is 17.8 Å². The fourth-order valence-corrected chi connectivity index (χ4v) is 2.92. The predicted molar refractivity (Wildman–Crippen MR) is 115 cm³/mol. The number of benzene rings is 2. The van der Waals surface area contributed by atoms with Crippen LogP contribution in [0.4, 0.5) is 5.69 Å². The Morgan fingerprint density at radius 3 is 2.28 bits per heavy atom. The lowest BCUT2D eigenvalue weighted by atomic mass is 10.2. The lowest BCUT2D eigenvalue weighted by Gasteiger charge is -2.13. The topological polar surface area (TPSA) is 61.4 Å². The number of ether oxygens (including phenoxy) is 1. The number of halogens is 1. The van der Waals surface area contributed by atoms with E-state index < -0.39 is 0 Å². The molecule has 6 nitrogen and oxygen atoms in total. The van der Waals surface area contributed by atoms with Crippen molar-refractivity contribution in [3.05, 3.63) is 81.5 Å². The fraction of sp³-hybridized carbons (Fsp3) is 0.318. The molecule has 2 aromatic carbocycles. The quantitative estimate of drug-likeness (QED) is 0.604. The molecule has 3 rings (SSSR count). The van der Waals surface area contributed by atoms with Crippen molar-refractivity contribution in [3.63, 3.8) is 0 Å². The Balaban J connectivity index is 2.05. The van der Waals surface area contributed by atoms with E-state index in [4.69, 9.17) is 16.3 Å². The van der Waals surface area contributed by atoms with Crippen molar-refractivity contribution in [1.29, 1.82) is 0 Å². The van der Waals surface area contributed by atoms with Crippen LogP contribution in [0.3, 0.4) is 0 Å². The van der Waals surface area contributed by atoms with Gasteiger partial charge in [-0.05, 0) is 69.7 Å². The van der Waals surface area contributed by atoms with Crippen LogP contribution in [0.25, 0.3) is 0 Å². The third kappa shape index (κ3) is 5.35. The van der Waals surface area contributed by atoms with Crippen molar-refractivity contribution >= 4 is 17.3 Å². The third-order valence-electron chi connectivity index (χ3n) is 4.24. The van der Waals surface area contributed by atoms with Crippen LogP contribution in [0, 0.1) is 0 Å². The summed E-state index contributed by atoms with van der Waals surface area (Å²) in [5, 5.41) is 0.651. The van der Waals surface area contributed by atoms with Gasteiger partial charge < -0.3 is 4.74 Å². The summed E-state index contributed by atoms with van der Waals surface area (Å²) < 4.78 is 8.83. The SMILES string of the molecule is CC(C)Oc1ccc(/N=c2\ncn(C(C)C)c(=O)n2Cc2ccc(Cl)cc2)cc1. The summed E-state index contributed by atoms with van der Waals surface area (Å²) in [6.45, 7) is 8.20. The van der Waals surface area contributed by atoms with Gasteiger partial charge in [0, 0.05) is 11.1 Å². The summed E-state index contributed by atoms with van der Waals surface area (Å²) >= 11 is 5.98. The normalized spacial score (nSPS) is 12.0. The van der Waals surface area contributed by atoms with Crippen LogP contribution in [0.15, 0.2) is 64.6 Å². The lowest BCUT2D eigenvalue weighted by Crippen LogP contribution is -2.42. The smallest absolute Gasteiger partial charge is 0.332 e. The van der Waals surface area contributed by atoms with Crippen LogP contribution in [-0.4, -0.2) is 20.2 Å². The summed E-state index contributed by atoms with van der Waals surface area (Å²) in [5.41, 5.74) is 1.82. The highest BCUT2D eigenvalue weighted by atomic mass is 35.5. The number of aromatic nitrogens is 3. The monoisotopic (exact) mass is 412 g/mol. The molecule has 3 aromatic rings. The Hall–Kier alpha value is -2.86. The minimum absolute atomic E-state index is 0.00650. The Morgan fingerprint density at radius 1 is 1.03 bits per heavy atom. The van der Waals surface area contributed by atoms with Crippen LogP contribution in [-0.2, 0) is 6.54 Å². The standard InChI is InChI=1S/C22H25ClN4O2/c1-15(2)27-14-24-21(25-19-9-11-20(12-10-19)29-16(3)4)26(22(27)28)13-17-5-7-18(23)8-6-17/h5-12,14-16H,13H2,1-4H3/b25-21+. The molecule has 0 spiro atoms. The van der Waals surface area contributed by atoms with Crippen molar-refractivity contribution < 1.29 is 4.74 Å². The van der Waals surface area contributed by atoms with Gasteiger partial charge in [-0.2, -0.15) is 0 Å². The third-order valence-corrected chi connectivity index (χ3v) is 4.49. The van der Waals surface area contributed by atoms with E-state index in [0.717, 1.165) is 11.3 Å². The van der Waals surface area contributed by atoms with Gasteiger partial charge in [-0.3, -0.25) is 9.13 Å². The number of nitrogens with zero attached hydrogens (tertiary/aromatic N) is 4. The number of rotatable bonds is 6. The molecule has 152 valence electrons. The molecule has 0 aliphatic rings. The van der Waals surface area contributed by atoms with Crippen molar-refractivity contribution in [1.82, 2.24) is 14.1 Å². The highest BCUT2D eigenvalue weighted by Gasteiger charge is 2.09. The van der Waals surface area contributed by atoms with Gasteiger partial charge in [-0.1, -0.05) is 23.7 Å². The summed E-state index contributed by atoms with van der Waals surface area (Å²) in [6, 6.07) is 14.8. The second kappa shape index (κ2) is 9.09. The first-order valence-electron chi connectivity index (χ1n) is 9.57. The maximum Gasteiger partial charge on any atom is 0.332 e. The van der Waals surface area contributed by atoms with Crippen LogP contribution in [0.5, 0.6) is 5.75 Å². The first kappa shape index (κ1) is 20.9. The van der Waals surface area contributed by atoms with Crippen molar-refractivity contribution in [2.75, 3.05) is 0 Å². The van der Waals surface area contributed by atoms with Gasteiger partial charge >= 0.3 is 5.69 Å². The molecule has 1 heterocycles. The van der Waals surface area contributed by atoms with Gasteiger partial charge in [0.25, 0.3) is 0 Å². The number of hydrogen-bond donors (Lipinski definition) is 0. The number of hydrogen-bond acceptors (Lipinski definition) is 4. The molecular weight excluding hydrogens is 388 g/mol. The highest BCUT2D eigenvalue weighted by Crippen LogP contribution is 2.18. The molecule has 0 saturated carbocycles. The zero-order valence-corrected chi connectivity index (χ0v) is 17.8. The average Bonchev–Trinajstić information content (AvgIpc) is 2.67. The molecule has 0 unspecified atom stereocenters. The maximum absolute atomic E-state index is 13.0. The van der Waals surface area contributed by atoms with Gasteiger partial charge in [0.2, 0.25) is 5.62 Å². The predicted octanol–water partition coefficient (Wildman–Crippen LogP) is 4.35. The van der Waals surface area contributed by atoms with E-state index in [1.54, 1.807) is 27.6 Å². The summed E-state index contributed by atoms with van der Waals surface area (Å²) in [7, 11) is 0. The van der Waals surface area contributed by atoms with Gasteiger partial charge in [0.1, 0.15) is 12.1 Å². The molecule has 0 aliphatic heterocycles. The highest BCUT2D eigenvalue weighted by molar-refractivity contribution is 6.30. The van der Waals surface area contributed by atoms with E-state index >= 15 is 0 Å². The summed E-state index contributed by atoms with van der Waals surface area (Å²) in [5.74, 6) is 0.774. The minimum atomic E-state index is -0.163. The Kier molecular flexibility index (Phi) is 6.54. The van der Waals surface area contributed by atoms with Gasteiger partial charge in [0.05, 0.1) is 18.3 Å². The van der Waals surface area contributed by atoms with E-state index in [1.165, 1.54) is 0 Å². The largest absolute Gasteiger partial charge is 0.491 e. The fourth-order valence-electron chi connectivity index (χ4n) is 2.80. The molecule has 0 atom stereocenters. The van der Waals surface area contributed by atoms with Crippen LogP contribution in [0.1, 0.15) is 39.3 Å². The van der Waals surface area contributed by atoms with Crippen LogP contribution < -0.4 is 16.0 Å². The molecular formula is C22H25ClN4O2.